The van der Waals surface area contributed by atoms with Crippen LogP contribution in [0.15, 0.2) is 12.2 Å². The van der Waals surface area contributed by atoms with E-state index < -0.39 is 13.9 Å². The Kier molecular flexibility index (Phi) is 28.8. The molecule has 0 aromatic rings. The number of nitrogens with zero attached hydrogens (tertiary/aromatic N) is 2. The van der Waals surface area contributed by atoms with Crippen molar-refractivity contribution in [3.8, 4) is 0 Å². The fraction of sp³-hybridized carbons (Fsp3) is 0.914. The molecule has 6 heteroatoms. The predicted octanol–water partition coefficient (Wildman–Crippen LogP) is 9.60. The van der Waals surface area contributed by atoms with Crippen LogP contribution >= 0.6 is 7.80 Å². The van der Waals surface area contributed by atoms with Crippen LogP contribution in [0.2, 0.25) is 0 Å². The van der Waals surface area contributed by atoms with Gasteiger partial charge >= 0.3 is 7.80 Å². The van der Waals surface area contributed by atoms with Gasteiger partial charge in [-0.05, 0) is 52.6 Å². The zero-order valence-electron chi connectivity index (χ0n) is 28.1. The number of aliphatic hydroxyl groups excluding tert-OH is 1. The van der Waals surface area contributed by atoms with Crippen LogP contribution in [0.1, 0.15) is 149 Å². The second-order valence-electron chi connectivity index (χ2n) is 12.5. The van der Waals surface area contributed by atoms with Gasteiger partial charge in [0.1, 0.15) is 6.10 Å². The molecule has 0 bridgehead atoms. The van der Waals surface area contributed by atoms with Crippen molar-refractivity contribution < 1.29 is 14.5 Å². The topological polar surface area (TPSA) is 60.9 Å². The van der Waals surface area contributed by atoms with Crippen LogP contribution in [0.25, 0.3) is 0 Å². The van der Waals surface area contributed by atoms with Crippen molar-refractivity contribution in [3.05, 3.63) is 12.2 Å². The summed E-state index contributed by atoms with van der Waals surface area (Å²) in [6, 6.07) is 0. The molecule has 242 valence electrons. The molecule has 0 aromatic carbocycles. The standard InChI is InChI=1S/C35H70N2O3P/c1-6-9-12-14-16-17-18-19-20-21-23-25-28-37(31-34(38)32-41(40)30-29-36(4)5)35(39)33(26-11-8-3)27-24-22-15-13-10-7-2/h20-21,33-34,38H,6-19,22-32H2,1-5H3/q+1. The maximum atomic E-state index is 13.8. The lowest BCUT2D eigenvalue weighted by molar-refractivity contribution is -0.137. The van der Waals surface area contributed by atoms with Crippen molar-refractivity contribution >= 4 is 13.7 Å². The molecule has 3 atom stereocenters. The molecule has 0 radical (unpaired) electrons. The Hall–Kier alpha value is -0.770. The molecular weight excluding hydrogens is 527 g/mol. The third-order valence-electron chi connectivity index (χ3n) is 8.06. The van der Waals surface area contributed by atoms with E-state index in [-0.39, 0.29) is 18.0 Å². The number of allylic oxidation sites excluding steroid dienone is 2. The molecule has 5 nitrogen and oxygen atoms in total. The van der Waals surface area contributed by atoms with Gasteiger partial charge in [0.05, 0.1) is 6.54 Å². The summed E-state index contributed by atoms with van der Waals surface area (Å²) in [7, 11) is 2.49. The highest BCUT2D eigenvalue weighted by Gasteiger charge is 2.28. The number of unbranched alkanes of at least 4 members (excludes halogenated alkanes) is 14. The first-order chi connectivity index (χ1) is 19.8. The molecule has 0 aliphatic heterocycles. The lowest BCUT2D eigenvalue weighted by Crippen LogP contribution is -2.42. The van der Waals surface area contributed by atoms with Crippen LogP contribution in [0.5, 0.6) is 0 Å². The largest absolute Gasteiger partial charge is 0.387 e. The SMILES string of the molecule is CCCCCCCCCC=CCCCN(CC(O)C[P+](=O)CCN(C)C)C(=O)C(CCCC)CCCCCCCC. The molecular formula is C35H70N2O3P+. The monoisotopic (exact) mass is 598 g/mol. The Bertz CT molecular complexity index is 641. The highest BCUT2D eigenvalue weighted by molar-refractivity contribution is 7.44. The van der Waals surface area contributed by atoms with Crippen molar-refractivity contribution in [2.24, 2.45) is 5.92 Å². The Labute approximate surface area is 257 Å². The Balaban J connectivity index is 4.93. The van der Waals surface area contributed by atoms with E-state index in [2.05, 4.69) is 32.9 Å². The molecule has 3 unspecified atom stereocenters. The number of aliphatic hydroxyl groups is 1. The minimum Gasteiger partial charge on any atom is -0.387 e. The quantitative estimate of drug-likeness (QED) is 0.0509. The summed E-state index contributed by atoms with van der Waals surface area (Å²) in [5, 5.41) is 10.8. The zero-order chi connectivity index (χ0) is 30.6. The van der Waals surface area contributed by atoms with E-state index >= 15 is 0 Å². The van der Waals surface area contributed by atoms with Gasteiger partial charge in [-0.3, -0.25) is 4.79 Å². The summed E-state index contributed by atoms with van der Waals surface area (Å²) >= 11 is 0. The van der Waals surface area contributed by atoms with Gasteiger partial charge in [0, 0.05) is 19.0 Å². The smallest absolute Gasteiger partial charge is 0.342 e. The van der Waals surface area contributed by atoms with Gasteiger partial charge < -0.3 is 14.9 Å². The highest BCUT2D eigenvalue weighted by atomic mass is 31.1. The van der Waals surface area contributed by atoms with Crippen LogP contribution in [-0.2, 0) is 9.36 Å². The number of carbonyl (C=O) groups excluding carboxylic acids is 1. The normalized spacial score (nSPS) is 13.7. The van der Waals surface area contributed by atoms with Crippen LogP contribution < -0.4 is 0 Å². The van der Waals surface area contributed by atoms with Crippen LogP contribution in [-0.4, -0.2) is 73.0 Å². The first-order valence-electron chi connectivity index (χ1n) is 17.5. The first-order valence-corrected chi connectivity index (χ1v) is 19.2. The molecule has 1 N–H and O–H groups in total. The van der Waals surface area contributed by atoms with Crippen molar-refractivity contribution in [3.63, 3.8) is 0 Å². The Morgan fingerprint density at radius 3 is 1.80 bits per heavy atom. The maximum absolute atomic E-state index is 13.8. The Morgan fingerprint density at radius 2 is 1.22 bits per heavy atom. The van der Waals surface area contributed by atoms with Crippen LogP contribution in [0.4, 0.5) is 0 Å². The van der Waals surface area contributed by atoms with Gasteiger partial charge in [0.25, 0.3) is 0 Å². The molecule has 41 heavy (non-hydrogen) atoms. The molecule has 0 spiro atoms. The molecule has 1 amide bonds. The van der Waals surface area contributed by atoms with Gasteiger partial charge in [0.2, 0.25) is 5.91 Å². The highest BCUT2D eigenvalue weighted by Crippen LogP contribution is 2.24. The zero-order valence-corrected chi connectivity index (χ0v) is 29.0. The van der Waals surface area contributed by atoms with E-state index in [0.29, 0.717) is 19.3 Å². The van der Waals surface area contributed by atoms with Crippen molar-refractivity contribution in [2.45, 2.75) is 155 Å². The molecule has 0 fully saturated rings. The summed E-state index contributed by atoms with van der Waals surface area (Å²) in [6.07, 6.45) is 28.6. The van der Waals surface area contributed by atoms with E-state index in [9.17, 15) is 14.5 Å². The second kappa shape index (κ2) is 29.3. The van der Waals surface area contributed by atoms with E-state index in [1.165, 1.54) is 77.0 Å². The van der Waals surface area contributed by atoms with E-state index in [0.717, 1.165) is 57.9 Å². The van der Waals surface area contributed by atoms with Gasteiger partial charge in [-0.15, -0.1) is 0 Å². The van der Waals surface area contributed by atoms with Gasteiger partial charge in [-0.1, -0.05) is 127 Å². The minimum absolute atomic E-state index is 0.0451. The van der Waals surface area contributed by atoms with Crippen LogP contribution in [0, 0.1) is 5.92 Å². The van der Waals surface area contributed by atoms with Gasteiger partial charge in [0.15, 0.2) is 12.3 Å². The van der Waals surface area contributed by atoms with Crippen molar-refractivity contribution in [1.29, 1.82) is 0 Å². The number of amides is 1. The third-order valence-corrected chi connectivity index (χ3v) is 9.58. The van der Waals surface area contributed by atoms with Crippen molar-refractivity contribution in [1.82, 2.24) is 9.80 Å². The molecule has 0 aliphatic carbocycles. The molecule has 0 rings (SSSR count). The second-order valence-corrected chi connectivity index (χ2v) is 14.3. The summed E-state index contributed by atoms with van der Waals surface area (Å²) in [5.41, 5.74) is 0. The van der Waals surface area contributed by atoms with Crippen molar-refractivity contribution in [2.75, 3.05) is 46.1 Å². The minimum atomic E-state index is -1.47. The summed E-state index contributed by atoms with van der Waals surface area (Å²) < 4.78 is 12.6. The fourth-order valence-electron chi connectivity index (χ4n) is 5.37. The summed E-state index contributed by atoms with van der Waals surface area (Å²) in [6.45, 7) is 8.44. The number of hydrogen-bond donors (Lipinski definition) is 1. The summed E-state index contributed by atoms with van der Waals surface area (Å²) in [5.74, 6) is 0.255. The average molecular weight is 598 g/mol. The van der Waals surface area contributed by atoms with E-state index in [4.69, 9.17) is 0 Å². The van der Waals surface area contributed by atoms with Crippen LogP contribution in [0.3, 0.4) is 0 Å². The molecule has 0 aliphatic rings. The lowest BCUT2D eigenvalue weighted by atomic mass is 9.93. The molecule has 0 aromatic heterocycles. The fourth-order valence-corrected chi connectivity index (χ4v) is 6.76. The number of hydrogen-bond acceptors (Lipinski definition) is 4. The predicted molar refractivity (Wildman–Crippen MR) is 180 cm³/mol. The molecule has 0 saturated carbocycles. The first kappa shape index (κ1) is 40.2. The average Bonchev–Trinajstić information content (AvgIpc) is 2.94. The Morgan fingerprint density at radius 1 is 0.707 bits per heavy atom. The van der Waals surface area contributed by atoms with Gasteiger partial charge in [-0.2, -0.15) is 0 Å². The number of rotatable bonds is 30. The van der Waals surface area contributed by atoms with Gasteiger partial charge in [-0.25, -0.2) is 0 Å². The molecule has 0 heterocycles. The number of carbonyl (C=O) groups is 1. The molecule has 0 saturated heterocycles. The maximum Gasteiger partial charge on any atom is 0.342 e. The van der Waals surface area contributed by atoms with E-state index in [1.807, 2.05) is 23.9 Å². The van der Waals surface area contributed by atoms with E-state index in [1.54, 1.807) is 0 Å². The summed E-state index contributed by atoms with van der Waals surface area (Å²) in [4.78, 5) is 17.7. The third kappa shape index (κ3) is 25.4. The lowest BCUT2D eigenvalue weighted by Gasteiger charge is -2.29.